The zero-order chi connectivity index (χ0) is 13.0. The van der Waals surface area contributed by atoms with Crippen LogP contribution in [0.4, 0.5) is 0 Å². The van der Waals surface area contributed by atoms with Gasteiger partial charge in [0.05, 0.1) is 5.56 Å². The molecule has 0 aliphatic rings. The minimum atomic E-state index is 0.139. The molecule has 0 amide bonds. The Morgan fingerprint density at radius 3 is 2.94 bits per heavy atom. The standard InChI is InChI=1S/C13H16N2O3/c1-3-6-17-8-12-14-13(18-15-12)10-5-4-9(2)7-11(10)16/h4-5,7,16H,3,6,8H2,1-2H3. The zero-order valence-electron chi connectivity index (χ0n) is 10.5. The van der Waals surface area contributed by atoms with Crippen LogP contribution in [0, 0.1) is 6.92 Å². The van der Waals surface area contributed by atoms with Gasteiger partial charge in [0.15, 0.2) is 5.82 Å². The SMILES string of the molecule is CCCOCc1noc(-c2ccc(C)cc2O)n1. The van der Waals surface area contributed by atoms with Crippen LogP contribution in [0.15, 0.2) is 22.7 Å². The molecule has 1 N–H and O–H groups in total. The van der Waals surface area contributed by atoms with Gasteiger partial charge >= 0.3 is 0 Å². The third-order valence-corrected chi connectivity index (χ3v) is 2.43. The quantitative estimate of drug-likeness (QED) is 0.824. The molecule has 0 aliphatic heterocycles. The Balaban J connectivity index is 2.13. The lowest BCUT2D eigenvalue weighted by Crippen LogP contribution is -1.95. The lowest BCUT2D eigenvalue weighted by Gasteiger charge is -1.99. The van der Waals surface area contributed by atoms with E-state index in [1.165, 1.54) is 0 Å². The highest BCUT2D eigenvalue weighted by atomic mass is 16.5. The maximum Gasteiger partial charge on any atom is 0.261 e. The van der Waals surface area contributed by atoms with Crippen LogP contribution in [-0.2, 0) is 11.3 Å². The molecule has 0 saturated heterocycles. The number of phenols is 1. The van der Waals surface area contributed by atoms with Crippen molar-refractivity contribution in [2.75, 3.05) is 6.61 Å². The van der Waals surface area contributed by atoms with Gasteiger partial charge in [-0.2, -0.15) is 4.98 Å². The molecule has 0 unspecified atom stereocenters. The molecular weight excluding hydrogens is 232 g/mol. The molecule has 0 atom stereocenters. The molecule has 0 radical (unpaired) electrons. The fourth-order valence-corrected chi connectivity index (χ4v) is 1.55. The van der Waals surface area contributed by atoms with E-state index >= 15 is 0 Å². The van der Waals surface area contributed by atoms with Crippen molar-refractivity contribution in [3.8, 4) is 17.2 Å². The fourth-order valence-electron chi connectivity index (χ4n) is 1.55. The van der Waals surface area contributed by atoms with E-state index in [9.17, 15) is 5.11 Å². The highest BCUT2D eigenvalue weighted by molar-refractivity contribution is 5.62. The summed E-state index contributed by atoms with van der Waals surface area (Å²) in [7, 11) is 0. The smallest absolute Gasteiger partial charge is 0.261 e. The van der Waals surface area contributed by atoms with E-state index in [-0.39, 0.29) is 5.75 Å². The van der Waals surface area contributed by atoms with Gasteiger partial charge in [-0.25, -0.2) is 0 Å². The van der Waals surface area contributed by atoms with E-state index in [0.717, 1.165) is 12.0 Å². The van der Waals surface area contributed by atoms with Gasteiger partial charge in [-0.3, -0.25) is 0 Å². The molecule has 0 fully saturated rings. The summed E-state index contributed by atoms with van der Waals surface area (Å²) in [5.41, 5.74) is 1.51. The third kappa shape index (κ3) is 2.87. The predicted molar refractivity (Wildman–Crippen MR) is 66.1 cm³/mol. The van der Waals surface area contributed by atoms with Crippen molar-refractivity contribution in [1.82, 2.24) is 10.1 Å². The Morgan fingerprint density at radius 2 is 2.22 bits per heavy atom. The fraction of sp³-hybridized carbons (Fsp3) is 0.385. The molecule has 18 heavy (non-hydrogen) atoms. The summed E-state index contributed by atoms with van der Waals surface area (Å²) in [6.07, 6.45) is 0.948. The third-order valence-electron chi connectivity index (χ3n) is 2.43. The molecule has 1 heterocycles. The normalized spacial score (nSPS) is 10.8. The maximum atomic E-state index is 9.81. The second-order valence-electron chi connectivity index (χ2n) is 4.09. The Kier molecular flexibility index (Phi) is 3.94. The lowest BCUT2D eigenvalue weighted by atomic mass is 10.1. The number of rotatable bonds is 5. The first-order valence-electron chi connectivity index (χ1n) is 5.91. The number of nitrogens with zero attached hydrogens (tertiary/aromatic N) is 2. The number of hydrogen-bond acceptors (Lipinski definition) is 5. The van der Waals surface area contributed by atoms with Crippen LogP contribution in [0.1, 0.15) is 24.7 Å². The zero-order valence-corrected chi connectivity index (χ0v) is 10.5. The van der Waals surface area contributed by atoms with Crippen LogP contribution in [0.3, 0.4) is 0 Å². The largest absolute Gasteiger partial charge is 0.507 e. The van der Waals surface area contributed by atoms with Crippen LogP contribution in [0.5, 0.6) is 5.75 Å². The molecule has 1 aromatic carbocycles. The molecule has 0 spiro atoms. The highest BCUT2D eigenvalue weighted by Gasteiger charge is 2.12. The average molecular weight is 248 g/mol. The first-order valence-corrected chi connectivity index (χ1v) is 5.91. The van der Waals surface area contributed by atoms with Crippen molar-refractivity contribution < 1.29 is 14.4 Å². The second kappa shape index (κ2) is 5.64. The summed E-state index contributed by atoms with van der Waals surface area (Å²) in [6.45, 7) is 4.93. The minimum absolute atomic E-state index is 0.139. The summed E-state index contributed by atoms with van der Waals surface area (Å²) in [5, 5.41) is 13.6. The summed E-state index contributed by atoms with van der Waals surface area (Å²) in [6, 6.07) is 5.30. The molecule has 0 bridgehead atoms. The van der Waals surface area contributed by atoms with Crippen molar-refractivity contribution in [3.05, 3.63) is 29.6 Å². The van der Waals surface area contributed by atoms with E-state index < -0.39 is 0 Å². The Labute approximate surface area is 105 Å². The van der Waals surface area contributed by atoms with Gasteiger partial charge in [0.1, 0.15) is 12.4 Å². The van der Waals surface area contributed by atoms with E-state index in [2.05, 4.69) is 10.1 Å². The molecule has 2 rings (SSSR count). The van der Waals surface area contributed by atoms with E-state index in [0.29, 0.717) is 30.5 Å². The van der Waals surface area contributed by atoms with Gasteiger partial charge in [-0.05, 0) is 31.0 Å². The number of phenolic OH excluding ortho intramolecular Hbond substituents is 1. The molecule has 0 aliphatic carbocycles. The maximum absolute atomic E-state index is 9.81. The second-order valence-corrected chi connectivity index (χ2v) is 4.09. The Morgan fingerprint density at radius 1 is 1.39 bits per heavy atom. The monoisotopic (exact) mass is 248 g/mol. The van der Waals surface area contributed by atoms with Crippen LogP contribution in [-0.4, -0.2) is 21.9 Å². The number of hydrogen-bond donors (Lipinski definition) is 1. The average Bonchev–Trinajstić information content (AvgIpc) is 2.78. The van der Waals surface area contributed by atoms with Gasteiger partial charge < -0.3 is 14.4 Å². The number of aryl methyl sites for hydroxylation is 1. The molecular formula is C13H16N2O3. The minimum Gasteiger partial charge on any atom is -0.507 e. The summed E-state index contributed by atoms with van der Waals surface area (Å²) in [4.78, 5) is 4.18. The van der Waals surface area contributed by atoms with Crippen LogP contribution in [0.25, 0.3) is 11.5 Å². The van der Waals surface area contributed by atoms with Crippen molar-refractivity contribution in [2.24, 2.45) is 0 Å². The van der Waals surface area contributed by atoms with Gasteiger partial charge in [-0.15, -0.1) is 0 Å². The topological polar surface area (TPSA) is 68.4 Å². The first-order chi connectivity index (χ1) is 8.70. The molecule has 0 saturated carbocycles. The molecule has 1 aromatic heterocycles. The van der Waals surface area contributed by atoms with E-state index in [1.54, 1.807) is 12.1 Å². The van der Waals surface area contributed by atoms with Gasteiger partial charge in [0, 0.05) is 6.61 Å². The van der Waals surface area contributed by atoms with Crippen molar-refractivity contribution in [1.29, 1.82) is 0 Å². The molecule has 5 heteroatoms. The van der Waals surface area contributed by atoms with Crippen LogP contribution >= 0.6 is 0 Å². The first kappa shape index (κ1) is 12.6. The molecule has 2 aromatic rings. The predicted octanol–water partition coefficient (Wildman–Crippen LogP) is 2.68. The van der Waals surface area contributed by atoms with Gasteiger partial charge in [0.25, 0.3) is 5.89 Å². The van der Waals surface area contributed by atoms with Gasteiger partial charge in [0.2, 0.25) is 0 Å². The van der Waals surface area contributed by atoms with Crippen LogP contribution in [0.2, 0.25) is 0 Å². The number of aromatic nitrogens is 2. The molecule has 5 nitrogen and oxygen atoms in total. The summed E-state index contributed by atoms with van der Waals surface area (Å²) >= 11 is 0. The number of aromatic hydroxyl groups is 1. The van der Waals surface area contributed by atoms with Crippen molar-refractivity contribution in [2.45, 2.75) is 26.9 Å². The lowest BCUT2D eigenvalue weighted by molar-refractivity contribution is 0.114. The number of ether oxygens (including phenoxy) is 1. The number of benzene rings is 1. The Bertz CT molecular complexity index is 523. The highest BCUT2D eigenvalue weighted by Crippen LogP contribution is 2.28. The summed E-state index contributed by atoms with van der Waals surface area (Å²) < 4.78 is 10.4. The van der Waals surface area contributed by atoms with Crippen LogP contribution < -0.4 is 0 Å². The Hall–Kier alpha value is -1.88. The molecule has 96 valence electrons. The van der Waals surface area contributed by atoms with Crippen molar-refractivity contribution >= 4 is 0 Å². The van der Waals surface area contributed by atoms with E-state index in [4.69, 9.17) is 9.26 Å². The van der Waals surface area contributed by atoms with E-state index in [1.807, 2.05) is 19.9 Å². The summed E-state index contributed by atoms with van der Waals surface area (Å²) in [5.74, 6) is 0.931. The van der Waals surface area contributed by atoms with Crippen molar-refractivity contribution in [3.63, 3.8) is 0 Å². The van der Waals surface area contributed by atoms with Gasteiger partial charge in [-0.1, -0.05) is 18.1 Å².